The highest BCUT2D eigenvalue weighted by Gasteiger charge is 2.49. The lowest BCUT2D eigenvalue weighted by atomic mass is 9.86. The van der Waals surface area contributed by atoms with Crippen LogP contribution in [-0.2, 0) is 6.42 Å². The molecule has 3 aromatic rings. The predicted octanol–water partition coefficient (Wildman–Crippen LogP) is 3.19. The number of rotatable bonds is 4. The average molecular weight is 457 g/mol. The zero-order valence-corrected chi connectivity index (χ0v) is 17.0. The number of carbonyl (C=O) groups is 1. The number of halogens is 2. The van der Waals surface area contributed by atoms with Crippen LogP contribution in [0.4, 0.5) is 4.39 Å². The second-order valence-electron chi connectivity index (χ2n) is 7.50. The van der Waals surface area contributed by atoms with E-state index in [1.165, 1.54) is 23.3 Å². The van der Waals surface area contributed by atoms with Gasteiger partial charge in [-0.05, 0) is 59.7 Å². The summed E-state index contributed by atoms with van der Waals surface area (Å²) in [5, 5.41) is 8.05. The SMILES string of the molecule is O=C(c1cccc(F)c1-n1nccn1)N1C2CCC1C(Cc1cnc(Br)cn1)C2. The van der Waals surface area contributed by atoms with Crippen molar-refractivity contribution in [3.63, 3.8) is 0 Å². The standard InChI is InChI=1S/C20H18BrFN6O/c21-18-11-23-13(10-24-18)8-12-9-14-4-5-17(12)27(14)20(29)15-2-1-3-16(22)19(15)28-25-6-7-26-28/h1-3,6-7,10-12,14,17H,4-5,8-9H2. The zero-order valence-electron chi connectivity index (χ0n) is 15.4. The van der Waals surface area contributed by atoms with Crippen LogP contribution in [-0.4, -0.2) is 47.9 Å². The molecule has 0 N–H and O–H groups in total. The van der Waals surface area contributed by atoms with Gasteiger partial charge in [-0.3, -0.25) is 9.78 Å². The summed E-state index contributed by atoms with van der Waals surface area (Å²) < 4.78 is 15.3. The fourth-order valence-electron chi connectivity index (χ4n) is 4.72. The summed E-state index contributed by atoms with van der Waals surface area (Å²) in [6.45, 7) is 0. The van der Waals surface area contributed by atoms with Gasteiger partial charge >= 0.3 is 0 Å². The first kappa shape index (κ1) is 18.4. The molecule has 4 heterocycles. The van der Waals surface area contributed by atoms with Gasteiger partial charge < -0.3 is 4.90 Å². The number of aromatic nitrogens is 5. The lowest BCUT2D eigenvalue weighted by molar-refractivity contribution is 0.0718. The van der Waals surface area contributed by atoms with Crippen LogP contribution < -0.4 is 0 Å². The molecule has 0 aliphatic carbocycles. The fraction of sp³-hybridized carbons (Fsp3) is 0.350. The first-order valence-corrected chi connectivity index (χ1v) is 10.4. The number of benzene rings is 1. The second-order valence-corrected chi connectivity index (χ2v) is 8.31. The molecule has 2 bridgehead atoms. The maximum atomic E-state index is 14.6. The molecule has 7 nitrogen and oxygen atoms in total. The largest absolute Gasteiger partial charge is 0.332 e. The number of hydrogen-bond donors (Lipinski definition) is 0. The number of fused-ring (bicyclic) bond motifs is 2. The summed E-state index contributed by atoms with van der Waals surface area (Å²) in [5.74, 6) is -0.345. The number of carbonyl (C=O) groups excluding carboxylic acids is 1. The highest BCUT2D eigenvalue weighted by Crippen LogP contribution is 2.44. The molecule has 1 aromatic carbocycles. The highest BCUT2D eigenvalue weighted by atomic mass is 79.9. The molecular weight excluding hydrogens is 439 g/mol. The van der Waals surface area contributed by atoms with Crippen LogP contribution >= 0.6 is 15.9 Å². The molecule has 1 amide bonds. The summed E-state index contributed by atoms with van der Waals surface area (Å²) in [6, 6.07) is 4.82. The molecule has 9 heteroatoms. The number of nitrogens with zero attached hydrogens (tertiary/aromatic N) is 6. The second kappa shape index (κ2) is 7.29. The van der Waals surface area contributed by atoms with Crippen LogP contribution in [0.15, 0.2) is 47.6 Å². The molecule has 3 atom stereocenters. The van der Waals surface area contributed by atoms with Crippen molar-refractivity contribution >= 4 is 21.8 Å². The molecule has 148 valence electrons. The van der Waals surface area contributed by atoms with E-state index >= 15 is 0 Å². The van der Waals surface area contributed by atoms with Gasteiger partial charge in [0.2, 0.25) is 0 Å². The van der Waals surface area contributed by atoms with Gasteiger partial charge in [-0.2, -0.15) is 10.2 Å². The van der Waals surface area contributed by atoms with Gasteiger partial charge in [-0.15, -0.1) is 4.80 Å². The van der Waals surface area contributed by atoms with Crippen molar-refractivity contribution in [1.82, 2.24) is 29.9 Å². The maximum Gasteiger partial charge on any atom is 0.256 e. The molecule has 2 aliphatic rings. The number of amides is 1. The molecule has 5 rings (SSSR count). The van der Waals surface area contributed by atoms with Crippen molar-refractivity contribution in [2.75, 3.05) is 0 Å². The lowest BCUT2D eigenvalue weighted by Gasteiger charge is -2.25. The zero-order chi connectivity index (χ0) is 20.0. The van der Waals surface area contributed by atoms with Crippen molar-refractivity contribution in [2.45, 2.75) is 37.8 Å². The van der Waals surface area contributed by atoms with Gasteiger partial charge in [0.1, 0.15) is 10.3 Å². The molecular formula is C20H18BrFN6O. The minimum Gasteiger partial charge on any atom is -0.332 e. The van der Waals surface area contributed by atoms with E-state index in [1.807, 2.05) is 4.90 Å². The Kier molecular flexibility index (Phi) is 4.61. The predicted molar refractivity (Wildman–Crippen MR) is 106 cm³/mol. The molecule has 3 unspecified atom stereocenters. The Hall–Kier alpha value is -2.68. The van der Waals surface area contributed by atoms with Crippen molar-refractivity contribution in [3.8, 4) is 5.69 Å². The summed E-state index contributed by atoms with van der Waals surface area (Å²) in [7, 11) is 0. The summed E-state index contributed by atoms with van der Waals surface area (Å²) in [4.78, 5) is 25.3. The minimum atomic E-state index is -0.514. The monoisotopic (exact) mass is 456 g/mol. The van der Waals surface area contributed by atoms with Crippen molar-refractivity contribution in [1.29, 1.82) is 0 Å². The third-order valence-electron chi connectivity index (χ3n) is 5.88. The van der Waals surface area contributed by atoms with E-state index in [2.05, 4.69) is 36.1 Å². The van der Waals surface area contributed by atoms with Gasteiger partial charge in [0.25, 0.3) is 5.91 Å². The summed E-state index contributed by atoms with van der Waals surface area (Å²) in [6.07, 6.45) is 10.0. The van der Waals surface area contributed by atoms with E-state index in [-0.39, 0.29) is 23.7 Å². The number of para-hydroxylation sites is 1. The Morgan fingerprint density at radius 1 is 1.17 bits per heavy atom. The third-order valence-corrected chi connectivity index (χ3v) is 6.29. The molecule has 2 saturated heterocycles. The molecule has 0 saturated carbocycles. The van der Waals surface area contributed by atoms with Crippen LogP contribution in [0.25, 0.3) is 5.69 Å². The Morgan fingerprint density at radius 2 is 2.00 bits per heavy atom. The maximum absolute atomic E-state index is 14.6. The van der Waals surface area contributed by atoms with E-state index in [1.54, 1.807) is 24.5 Å². The van der Waals surface area contributed by atoms with E-state index in [0.717, 1.165) is 31.4 Å². The molecule has 2 aliphatic heterocycles. The first-order chi connectivity index (χ1) is 14.1. The van der Waals surface area contributed by atoms with Crippen LogP contribution in [0.1, 0.15) is 35.3 Å². The summed E-state index contributed by atoms with van der Waals surface area (Å²) in [5.41, 5.74) is 1.32. The first-order valence-electron chi connectivity index (χ1n) is 9.56. The quantitative estimate of drug-likeness (QED) is 0.602. The van der Waals surface area contributed by atoms with Crippen LogP contribution in [0.2, 0.25) is 0 Å². The third kappa shape index (κ3) is 3.23. The van der Waals surface area contributed by atoms with Crippen molar-refractivity contribution < 1.29 is 9.18 Å². The van der Waals surface area contributed by atoms with Gasteiger partial charge in [0, 0.05) is 18.3 Å². The van der Waals surface area contributed by atoms with Crippen LogP contribution in [0.5, 0.6) is 0 Å². The van der Waals surface area contributed by atoms with Gasteiger partial charge in [0.05, 0.1) is 29.8 Å². The van der Waals surface area contributed by atoms with Crippen molar-refractivity contribution in [2.24, 2.45) is 5.92 Å². The van der Waals surface area contributed by atoms with E-state index < -0.39 is 5.82 Å². The van der Waals surface area contributed by atoms with Gasteiger partial charge in [-0.1, -0.05) is 6.07 Å². The summed E-state index contributed by atoms with van der Waals surface area (Å²) >= 11 is 3.30. The smallest absolute Gasteiger partial charge is 0.256 e. The van der Waals surface area contributed by atoms with Gasteiger partial charge in [0.15, 0.2) is 5.82 Å². The topological polar surface area (TPSA) is 76.8 Å². The highest BCUT2D eigenvalue weighted by molar-refractivity contribution is 9.10. The van der Waals surface area contributed by atoms with E-state index in [9.17, 15) is 9.18 Å². The molecule has 29 heavy (non-hydrogen) atoms. The van der Waals surface area contributed by atoms with E-state index in [0.29, 0.717) is 16.1 Å². The Morgan fingerprint density at radius 3 is 2.76 bits per heavy atom. The Balaban J connectivity index is 1.43. The fourth-order valence-corrected chi connectivity index (χ4v) is 4.93. The van der Waals surface area contributed by atoms with E-state index in [4.69, 9.17) is 0 Å². The number of hydrogen-bond acceptors (Lipinski definition) is 5. The normalized spacial score (nSPS) is 23.0. The van der Waals surface area contributed by atoms with Gasteiger partial charge in [-0.25, -0.2) is 9.37 Å². The molecule has 0 spiro atoms. The van der Waals surface area contributed by atoms with Crippen molar-refractivity contribution in [3.05, 3.63) is 64.7 Å². The molecule has 2 fully saturated rings. The minimum absolute atomic E-state index is 0.101. The Bertz CT molecular complexity index is 1040. The Labute approximate surface area is 175 Å². The molecule has 2 aromatic heterocycles. The lowest BCUT2D eigenvalue weighted by Crippen LogP contribution is -2.37. The van der Waals surface area contributed by atoms with Crippen LogP contribution in [0, 0.1) is 11.7 Å². The average Bonchev–Trinajstić information content (AvgIpc) is 3.45. The van der Waals surface area contributed by atoms with Crippen LogP contribution in [0.3, 0.4) is 0 Å². The molecule has 0 radical (unpaired) electrons.